The SMILES string of the molecule is CCOC(=O)/C(C)=C/[C@H](C)[C@H](OC)[C@@H](C)/C=C(\C)[C@H]1OC(=O)CC[C@H]1C. The van der Waals surface area contributed by atoms with Crippen molar-refractivity contribution in [1.82, 2.24) is 0 Å². The van der Waals surface area contributed by atoms with E-state index in [9.17, 15) is 9.59 Å². The minimum absolute atomic E-state index is 0.0368. The first-order chi connectivity index (χ1) is 12.2. The number of hydrogen-bond donors (Lipinski definition) is 0. The van der Waals surface area contributed by atoms with Gasteiger partial charge in [0.15, 0.2) is 0 Å². The number of hydrogen-bond acceptors (Lipinski definition) is 5. The zero-order valence-corrected chi connectivity index (χ0v) is 17.2. The van der Waals surface area contributed by atoms with Crippen LogP contribution in [-0.4, -0.2) is 37.9 Å². The fraction of sp³-hybridized carbons (Fsp3) is 0.714. The van der Waals surface area contributed by atoms with E-state index in [0.717, 1.165) is 12.0 Å². The maximum atomic E-state index is 11.8. The van der Waals surface area contributed by atoms with Crippen LogP contribution < -0.4 is 0 Å². The molecule has 0 aromatic rings. The molecule has 0 unspecified atom stereocenters. The Morgan fingerprint density at radius 1 is 1.27 bits per heavy atom. The van der Waals surface area contributed by atoms with Gasteiger partial charge in [0.25, 0.3) is 0 Å². The molecule has 26 heavy (non-hydrogen) atoms. The fourth-order valence-electron chi connectivity index (χ4n) is 3.67. The summed E-state index contributed by atoms with van der Waals surface area (Å²) in [5.74, 6) is 0.0408. The summed E-state index contributed by atoms with van der Waals surface area (Å²) >= 11 is 0. The molecule has 0 N–H and O–H groups in total. The molecular weight excluding hydrogens is 332 g/mol. The summed E-state index contributed by atoms with van der Waals surface area (Å²) in [5.41, 5.74) is 1.64. The number of ether oxygens (including phenoxy) is 3. The number of methoxy groups -OCH3 is 1. The lowest BCUT2D eigenvalue weighted by Gasteiger charge is -2.31. The minimum Gasteiger partial charge on any atom is -0.463 e. The Labute approximate surface area is 157 Å². The molecule has 5 heteroatoms. The molecule has 0 bridgehead atoms. The van der Waals surface area contributed by atoms with Gasteiger partial charge >= 0.3 is 11.9 Å². The van der Waals surface area contributed by atoms with E-state index in [1.807, 2.05) is 19.9 Å². The topological polar surface area (TPSA) is 61.8 Å². The van der Waals surface area contributed by atoms with E-state index >= 15 is 0 Å². The molecule has 1 fully saturated rings. The van der Waals surface area contributed by atoms with E-state index in [0.29, 0.717) is 24.5 Å². The Kier molecular flexibility index (Phi) is 9.06. The lowest BCUT2D eigenvalue weighted by atomic mass is 9.86. The Balaban J connectivity index is 2.86. The molecule has 0 spiro atoms. The second-order valence-corrected chi connectivity index (χ2v) is 7.33. The van der Waals surface area contributed by atoms with Crippen molar-refractivity contribution in [3.8, 4) is 0 Å². The summed E-state index contributed by atoms with van der Waals surface area (Å²) in [7, 11) is 1.68. The Morgan fingerprint density at radius 3 is 2.46 bits per heavy atom. The third-order valence-electron chi connectivity index (χ3n) is 4.97. The van der Waals surface area contributed by atoms with Crippen molar-refractivity contribution in [1.29, 1.82) is 0 Å². The molecule has 0 saturated carbocycles. The summed E-state index contributed by atoms with van der Waals surface area (Å²) in [6.45, 7) is 12.1. The number of cyclic esters (lactones) is 1. The van der Waals surface area contributed by atoms with Gasteiger partial charge in [0.2, 0.25) is 0 Å². The molecular formula is C21H34O5. The van der Waals surface area contributed by atoms with Gasteiger partial charge in [0.05, 0.1) is 12.7 Å². The van der Waals surface area contributed by atoms with Gasteiger partial charge in [-0.3, -0.25) is 4.79 Å². The van der Waals surface area contributed by atoms with Gasteiger partial charge < -0.3 is 14.2 Å². The van der Waals surface area contributed by atoms with Crippen LogP contribution in [0.25, 0.3) is 0 Å². The number of carbonyl (C=O) groups is 2. The van der Waals surface area contributed by atoms with Crippen molar-refractivity contribution in [3.63, 3.8) is 0 Å². The van der Waals surface area contributed by atoms with E-state index in [1.54, 1.807) is 21.0 Å². The van der Waals surface area contributed by atoms with Crippen molar-refractivity contribution in [2.45, 2.75) is 66.6 Å². The summed E-state index contributed by atoms with van der Waals surface area (Å²) in [6.07, 6.45) is 5.12. The predicted molar refractivity (Wildman–Crippen MR) is 102 cm³/mol. The zero-order valence-electron chi connectivity index (χ0n) is 17.2. The van der Waals surface area contributed by atoms with Crippen molar-refractivity contribution in [3.05, 3.63) is 23.3 Å². The van der Waals surface area contributed by atoms with Crippen LogP contribution in [0, 0.1) is 17.8 Å². The van der Waals surface area contributed by atoms with Crippen LogP contribution in [0.1, 0.15) is 54.4 Å². The van der Waals surface area contributed by atoms with Crippen LogP contribution in [0.5, 0.6) is 0 Å². The molecule has 5 atom stereocenters. The second-order valence-electron chi connectivity index (χ2n) is 7.33. The van der Waals surface area contributed by atoms with E-state index in [2.05, 4.69) is 19.9 Å². The van der Waals surface area contributed by atoms with Gasteiger partial charge in [0, 0.05) is 30.9 Å². The minimum atomic E-state index is -0.295. The smallest absolute Gasteiger partial charge is 0.333 e. The van der Waals surface area contributed by atoms with Crippen molar-refractivity contribution in [2.75, 3.05) is 13.7 Å². The van der Waals surface area contributed by atoms with Crippen LogP contribution in [0.4, 0.5) is 0 Å². The number of esters is 2. The Morgan fingerprint density at radius 2 is 1.88 bits per heavy atom. The molecule has 1 rings (SSSR count). The first kappa shape index (κ1) is 22.4. The maximum absolute atomic E-state index is 11.8. The molecule has 0 aliphatic carbocycles. The van der Waals surface area contributed by atoms with Crippen LogP contribution in [0.3, 0.4) is 0 Å². The Bertz CT molecular complexity index is 549. The molecule has 0 amide bonds. The summed E-state index contributed by atoms with van der Waals surface area (Å²) < 4.78 is 16.3. The third-order valence-corrected chi connectivity index (χ3v) is 4.97. The molecule has 0 radical (unpaired) electrons. The molecule has 5 nitrogen and oxygen atoms in total. The fourth-order valence-corrected chi connectivity index (χ4v) is 3.67. The first-order valence-electron chi connectivity index (χ1n) is 9.47. The zero-order chi connectivity index (χ0) is 19.9. The molecule has 1 aliphatic heterocycles. The number of rotatable bonds is 8. The lowest BCUT2D eigenvalue weighted by molar-refractivity contribution is -0.154. The van der Waals surface area contributed by atoms with E-state index < -0.39 is 0 Å². The van der Waals surface area contributed by atoms with E-state index in [1.165, 1.54) is 0 Å². The summed E-state index contributed by atoms with van der Waals surface area (Å²) in [6, 6.07) is 0. The van der Waals surface area contributed by atoms with Crippen molar-refractivity contribution in [2.24, 2.45) is 17.8 Å². The Hall–Kier alpha value is -1.62. The van der Waals surface area contributed by atoms with E-state index in [-0.39, 0.29) is 36.0 Å². The van der Waals surface area contributed by atoms with Gasteiger partial charge in [-0.25, -0.2) is 4.79 Å². The van der Waals surface area contributed by atoms with Gasteiger partial charge in [-0.05, 0) is 38.7 Å². The van der Waals surface area contributed by atoms with E-state index in [4.69, 9.17) is 14.2 Å². The standard InChI is InChI=1S/C21H34O5/c1-8-25-21(23)17(6)12-15(4)19(24-7)14(3)11-16(5)20-13(2)9-10-18(22)26-20/h11-15,19-20H,8-10H2,1-7H3/b16-11+,17-12+/t13-,14+,15+,19-,20+/m1/s1. The van der Waals surface area contributed by atoms with Gasteiger partial charge in [-0.1, -0.05) is 32.9 Å². The normalized spacial score (nSPS) is 25.3. The average Bonchev–Trinajstić information content (AvgIpc) is 2.57. The average molecular weight is 366 g/mol. The third kappa shape index (κ3) is 6.27. The molecule has 1 aliphatic rings. The van der Waals surface area contributed by atoms with Crippen LogP contribution >= 0.6 is 0 Å². The van der Waals surface area contributed by atoms with Crippen molar-refractivity contribution < 1.29 is 23.8 Å². The lowest BCUT2D eigenvalue weighted by Crippen LogP contribution is -2.33. The van der Waals surface area contributed by atoms with Gasteiger partial charge in [-0.15, -0.1) is 0 Å². The molecule has 0 aromatic heterocycles. The quantitative estimate of drug-likeness (QED) is 0.368. The summed E-state index contributed by atoms with van der Waals surface area (Å²) in [5, 5.41) is 0. The largest absolute Gasteiger partial charge is 0.463 e. The van der Waals surface area contributed by atoms with Gasteiger partial charge in [0.1, 0.15) is 6.10 Å². The molecule has 0 aromatic carbocycles. The highest BCUT2D eigenvalue weighted by Crippen LogP contribution is 2.29. The van der Waals surface area contributed by atoms with Crippen LogP contribution in [0.15, 0.2) is 23.3 Å². The highest BCUT2D eigenvalue weighted by molar-refractivity contribution is 5.87. The highest BCUT2D eigenvalue weighted by Gasteiger charge is 2.30. The van der Waals surface area contributed by atoms with Crippen molar-refractivity contribution >= 4 is 11.9 Å². The van der Waals surface area contributed by atoms with Crippen LogP contribution in [-0.2, 0) is 23.8 Å². The first-order valence-corrected chi connectivity index (χ1v) is 9.47. The monoisotopic (exact) mass is 366 g/mol. The highest BCUT2D eigenvalue weighted by atomic mass is 16.5. The maximum Gasteiger partial charge on any atom is 0.333 e. The molecule has 1 saturated heterocycles. The predicted octanol–water partition coefficient (Wildman–Crippen LogP) is 4.07. The van der Waals surface area contributed by atoms with Gasteiger partial charge in [-0.2, -0.15) is 0 Å². The molecule has 148 valence electrons. The second kappa shape index (κ2) is 10.5. The summed E-state index contributed by atoms with van der Waals surface area (Å²) in [4.78, 5) is 23.4. The number of carbonyl (C=O) groups excluding carboxylic acids is 2. The molecule has 1 heterocycles. The van der Waals surface area contributed by atoms with Crippen LogP contribution in [0.2, 0.25) is 0 Å².